The molecule has 1 fully saturated rings. The maximum atomic E-state index is 15.2. The Morgan fingerprint density at radius 2 is 1.85 bits per heavy atom. The van der Waals surface area contributed by atoms with Crippen molar-refractivity contribution in [3.8, 4) is 0 Å². The lowest BCUT2D eigenvalue weighted by molar-refractivity contribution is -0.123. The zero-order valence-corrected chi connectivity index (χ0v) is 23.5. The van der Waals surface area contributed by atoms with Crippen molar-refractivity contribution in [1.29, 1.82) is 0 Å². The highest BCUT2D eigenvalue weighted by Crippen LogP contribution is 2.38. The Morgan fingerprint density at radius 1 is 1.10 bits per heavy atom. The number of halogens is 2. The maximum Gasteiger partial charge on any atom is 0.257 e. The van der Waals surface area contributed by atoms with Crippen molar-refractivity contribution in [2.75, 3.05) is 18.4 Å². The Morgan fingerprint density at radius 3 is 2.51 bits per heavy atom. The van der Waals surface area contributed by atoms with E-state index in [0.717, 1.165) is 5.56 Å². The number of carbonyl (C=O) groups is 2. The number of anilines is 1. The fourth-order valence-electron chi connectivity index (χ4n) is 5.69. The van der Waals surface area contributed by atoms with Gasteiger partial charge in [-0.3, -0.25) is 9.59 Å². The summed E-state index contributed by atoms with van der Waals surface area (Å²) >= 11 is 0. The van der Waals surface area contributed by atoms with Gasteiger partial charge in [-0.05, 0) is 67.5 Å². The molecule has 7 heteroatoms. The molecule has 0 bridgehead atoms. The predicted molar refractivity (Wildman–Crippen MR) is 152 cm³/mol. The smallest absolute Gasteiger partial charge is 0.257 e. The third kappa shape index (κ3) is 6.23. The van der Waals surface area contributed by atoms with Crippen LogP contribution in [0.2, 0.25) is 0 Å². The average Bonchev–Trinajstić information content (AvgIpc) is 2.89. The first-order chi connectivity index (χ1) is 18.5. The molecule has 0 saturated carbocycles. The number of benzene rings is 2. The number of aryl methyl sites for hydroxylation is 1. The van der Waals surface area contributed by atoms with Gasteiger partial charge in [0.25, 0.3) is 5.91 Å². The van der Waals surface area contributed by atoms with Gasteiger partial charge in [-0.15, -0.1) is 0 Å². The molecule has 4 rings (SSSR count). The molecule has 1 unspecified atom stereocenters. The van der Waals surface area contributed by atoms with E-state index < -0.39 is 29.6 Å². The molecule has 208 valence electrons. The highest BCUT2D eigenvalue weighted by Gasteiger charge is 2.44. The van der Waals surface area contributed by atoms with E-state index in [2.05, 4.69) is 31.4 Å². The van der Waals surface area contributed by atoms with Gasteiger partial charge in [0.05, 0.1) is 23.2 Å². The number of hydrogen-bond acceptors (Lipinski definition) is 3. The molecule has 3 atom stereocenters. The van der Waals surface area contributed by atoms with E-state index in [1.807, 2.05) is 37.3 Å². The van der Waals surface area contributed by atoms with Crippen LogP contribution >= 0.6 is 0 Å². The average molecular weight is 536 g/mol. The van der Waals surface area contributed by atoms with Crippen molar-refractivity contribution in [1.82, 2.24) is 10.2 Å². The molecule has 1 aliphatic heterocycles. The number of nitrogens with zero attached hydrogens (tertiary/aromatic N) is 1. The number of nitrogens with one attached hydrogen (secondary N) is 2. The lowest BCUT2D eigenvalue weighted by atomic mass is 9.77. The van der Waals surface area contributed by atoms with Crippen LogP contribution in [0.3, 0.4) is 0 Å². The van der Waals surface area contributed by atoms with Crippen molar-refractivity contribution in [2.24, 2.45) is 11.8 Å². The number of amides is 2. The summed E-state index contributed by atoms with van der Waals surface area (Å²) in [6.07, 6.45) is 4.78. The summed E-state index contributed by atoms with van der Waals surface area (Å²) < 4.78 is 30.0. The van der Waals surface area contributed by atoms with E-state index in [-0.39, 0.29) is 29.1 Å². The molecule has 1 aliphatic carbocycles. The Balaban J connectivity index is 1.69. The summed E-state index contributed by atoms with van der Waals surface area (Å²) in [5.74, 6) is -2.59. The van der Waals surface area contributed by atoms with Gasteiger partial charge < -0.3 is 15.5 Å². The summed E-state index contributed by atoms with van der Waals surface area (Å²) in [4.78, 5) is 29.2. The number of piperidine rings is 1. The molecule has 2 N–H and O–H groups in total. The maximum absolute atomic E-state index is 15.2. The molecule has 2 aromatic carbocycles. The highest BCUT2D eigenvalue weighted by atomic mass is 19.1. The van der Waals surface area contributed by atoms with Crippen molar-refractivity contribution < 1.29 is 18.4 Å². The minimum atomic E-state index is -0.624. The normalized spacial score (nSPS) is 21.6. The van der Waals surface area contributed by atoms with Gasteiger partial charge in [-0.2, -0.15) is 0 Å². The molecule has 0 radical (unpaired) electrons. The third-order valence-corrected chi connectivity index (χ3v) is 7.74. The van der Waals surface area contributed by atoms with Crippen LogP contribution in [-0.4, -0.2) is 35.8 Å². The number of likely N-dealkylation sites (tertiary alicyclic amines) is 1. The topological polar surface area (TPSA) is 61.4 Å². The van der Waals surface area contributed by atoms with Crippen molar-refractivity contribution in [3.05, 3.63) is 88.6 Å². The summed E-state index contributed by atoms with van der Waals surface area (Å²) in [5.41, 5.74) is 2.64. The van der Waals surface area contributed by atoms with Crippen LogP contribution in [0.1, 0.15) is 68.4 Å². The van der Waals surface area contributed by atoms with Gasteiger partial charge in [-0.25, -0.2) is 8.78 Å². The Bertz CT molecular complexity index is 1270. The largest absolute Gasteiger partial charge is 0.383 e. The lowest BCUT2D eigenvalue weighted by Crippen LogP contribution is -2.55. The monoisotopic (exact) mass is 535 g/mol. The number of hydrogen-bond donors (Lipinski definition) is 2. The first-order valence-electron chi connectivity index (χ1n) is 13.8. The minimum absolute atomic E-state index is 0.00517. The van der Waals surface area contributed by atoms with Crippen LogP contribution < -0.4 is 10.6 Å². The molecule has 39 heavy (non-hydrogen) atoms. The van der Waals surface area contributed by atoms with Crippen LogP contribution in [0, 0.1) is 24.6 Å². The highest BCUT2D eigenvalue weighted by molar-refractivity contribution is 5.98. The molecule has 0 spiro atoms. The Kier molecular flexibility index (Phi) is 8.57. The second kappa shape index (κ2) is 11.7. The fraction of sp³-hybridized carbons (Fsp3) is 0.438. The van der Waals surface area contributed by atoms with E-state index in [4.69, 9.17) is 0 Å². The van der Waals surface area contributed by atoms with Gasteiger partial charge in [0.15, 0.2) is 0 Å². The van der Waals surface area contributed by atoms with E-state index in [9.17, 15) is 14.0 Å². The molecule has 1 saturated heterocycles. The van der Waals surface area contributed by atoms with Crippen LogP contribution in [0.5, 0.6) is 0 Å². The van der Waals surface area contributed by atoms with Gasteiger partial charge in [0.1, 0.15) is 11.6 Å². The van der Waals surface area contributed by atoms with Crippen molar-refractivity contribution in [2.45, 2.75) is 65.3 Å². The van der Waals surface area contributed by atoms with Gasteiger partial charge in [0.2, 0.25) is 5.91 Å². The molecule has 1 heterocycles. The second-order valence-electron chi connectivity index (χ2n) is 11.6. The Hall–Kier alpha value is -3.48. The first kappa shape index (κ1) is 28.5. The number of allylic oxidation sites excluding steroid dienone is 2. The number of likely N-dealkylation sites (N-methyl/N-ethyl adjacent to an activating group) is 1. The molecular formula is C32H39F2N3O2. The number of rotatable bonds is 6. The van der Waals surface area contributed by atoms with E-state index in [1.165, 1.54) is 6.07 Å². The van der Waals surface area contributed by atoms with Crippen molar-refractivity contribution in [3.63, 3.8) is 0 Å². The van der Waals surface area contributed by atoms with Crippen molar-refractivity contribution >= 4 is 17.5 Å². The molecule has 2 aliphatic rings. The van der Waals surface area contributed by atoms with Crippen LogP contribution in [0.15, 0.2) is 66.1 Å². The molecule has 5 nitrogen and oxygen atoms in total. The molecular weight excluding hydrogens is 496 g/mol. The summed E-state index contributed by atoms with van der Waals surface area (Å²) in [5, 5.41) is 6.09. The SMILES string of the molecule is CCNC1=C(F)CC([C@H]2[C@@H](C(=O)Nc3cccc(C(C)(C)C)c3)CCCN2C(=O)c2c(C)cccc2F)C=C1. The zero-order chi connectivity index (χ0) is 28.3. The van der Waals surface area contributed by atoms with Gasteiger partial charge in [-0.1, -0.05) is 51.1 Å². The summed E-state index contributed by atoms with van der Waals surface area (Å²) in [7, 11) is 0. The van der Waals surface area contributed by atoms with Gasteiger partial charge >= 0.3 is 0 Å². The minimum Gasteiger partial charge on any atom is -0.383 e. The zero-order valence-electron chi connectivity index (χ0n) is 23.5. The quantitative estimate of drug-likeness (QED) is 0.435. The van der Waals surface area contributed by atoms with E-state index in [1.54, 1.807) is 30.0 Å². The molecule has 2 amide bonds. The summed E-state index contributed by atoms with van der Waals surface area (Å²) in [6.45, 7) is 10.9. The Labute approximate surface area is 230 Å². The van der Waals surface area contributed by atoms with Crippen LogP contribution in [0.4, 0.5) is 14.5 Å². The third-order valence-electron chi connectivity index (χ3n) is 7.74. The fourth-order valence-corrected chi connectivity index (χ4v) is 5.69. The predicted octanol–water partition coefficient (Wildman–Crippen LogP) is 6.66. The lowest BCUT2D eigenvalue weighted by Gasteiger charge is -2.44. The van der Waals surface area contributed by atoms with Crippen LogP contribution in [0.25, 0.3) is 0 Å². The summed E-state index contributed by atoms with van der Waals surface area (Å²) in [6, 6.07) is 11.7. The van der Waals surface area contributed by atoms with Gasteiger partial charge in [0, 0.05) is 31.1 Å². The van der Waals surface area contributed by atoms with E-state index in [0.29, 0.717) is 42.9 Å². The van der Waals surface area contributed by atoms with Crippen LogP contribution in [-0.2, 0) is 10.2 Å². The standard InChI is InChI=1S/C32H39F2N3O2/c1-6-35-27-16-15-21(18-26(27)34)29-24(30(38)36-23-12-8-11-22(19-23)32(3,4)5)13-9-17-37(29)31(39)28-20(2)10-7-14-25(28)33/h7-8,10-12,14-16,19,21,24,29,35H,6,9,13,17-18H2,1-5H3,(H,36,38)/t21?,24-,29-/m0/s1. The van der Waals surface area contributed by atoms with E-state index >= 15 is 4.39 Å². The number of carbonyl (C=O) groups excluding carboxylic acids is 2. The molecule has 2 aromatic rings. The second-order valence-corrected chi connectivity index (χ2v) is 11.6. The first-order valence-corrected chi connectivity index (χ1v) is 13.8. The molecule has 0 aromatic heterocycles.